The van der Waals surface area contributed by atoms with Crippen LogP contribution < -0.4 is 15.1 Å². The topological polar surface area (TPSA) is 72.6 Å². The Morgan fingerprint density at radius 3 is 2.74 bits per heavy atom. The molecule has 1 aliphatic heterocycles. The number of thiazole rings is 1. The number of hydrogen-bond acceptors (Lipinski definition) is 6. The second kappa shape index (κ2) is 7.52. The van der Waals surface area contributed by atoms with Crippen LogP contribution in [0.5, 0.6) is 5.75 Å². The summed E-state index contributed by atoms with van der Waals surface area (Å²) in [4.78, 5) is 32.8. The predicted octanol–water partition coefficient (Wildman–Crippen LogP) is 4.87. The van der Waals surface area contributed by atoms with Gasteiger partial charge in [-0.1, -0.05) is 36.4 Å². The molecule has 31 heavy (non-hydrogen) atoms. The minimum absolute atomic E-state index is 0.0635. The van der Waals surface area contributed by atoms with Gasteiger partial charge in [-0.3, -0.25) is 14.5 Å². The normalized spacial score (nSPS) is 15.3. The lowest BCUT2D eigenvalue weighted by Gasteiger charge is -2.22. The summed E-state index contributed by atoms with van der Waals surface area (Å²) in [6, 6.07) is 12.1. The van der Waals surface area contributed by atoms with Gasteiger partial charge in [-0.05, 0) is 36.8 Å². The van der Waals surface area contributed by atoms with Crippen LogP contribution >= 0.6 is 11.3 Å². The molecule has 4 aromatic rings. The average Bonchev–Trinajstić information content (AvgIpc) is 3.40. The van der Waals surface area contributed by atoms with Gasteiger partial charge in [0.05, 0.1) is 17.0 Å². The fraction of sp³-hybridized carbons (Fsp3) is 0.125. The molecule has 0 bridgehead atoms. The minimum Gasteiger partial charge on any atom is -0.490 e. The van der Waals surface area contributed by atoms with E-state index in [1.54, 1.807) is 29.8 Å². The van der Waals surface area contributed by atoms with Crippen molar-refractivity contribution in [1.82, 2.24) is 4.98 Å². The third kappa shape index (κ3) is 3.14. The first-order chi connectivity index (χ1) is 15.1. The monoisotopic (exact) mass is 430 g/mol. The van der Waals surface area contributed by atoms with Gasteiger partial charge in [0.25, 0.3) is 5.91 Å². The van der Waals surface area contributed by atoms with E-state index in [2.05, 4.69) is 11.6 Å². The third-order valence-corrected chi connectivity index (χ3v) is 5.99. The average molecular weight is 430 g/mol. The molecule has 0 spiro atoms. The van der Waals surface area contributed by atoms with E-state index in [0.29, 0.717) is 34.0 Å². The molecule has 2 aromatic heterocycles. The summed E-state index contributed by atoms with van der Waals surface area (Å²) in [7, 11) is 0. The van der Waals surface area contributed by atoms with E-state index in [-0.39, 0.29) is 17.1 Å². The number of fused-ring (bicyclic) bond motifs is 2. The largest absolute Gasteiger partial charge is 0.490 e. The number of ether oxygens (including phenoxy) is 1. The maximum Gasteiger partial charge on any atom is 0.297 e. The first kappa shape index (κ1) is 19.3. The fourth-order valence-corrected chi connectivity index (χ4v) is 4.50. The lowest BCUT2D eigenvalue weighted by molar-refractivity contribution is 0.0971. The Bertz CT molecular complexity index is 1360. The highest BCUT2D eigenvalue weighted by atomic mass is 32.1. The van der Waals surface area contributed by atoms with Crippen LogP contribution in [-0.4, -0.2) is 17.5 Å². The van der Waals surface area contributed by atoms with Crippen molar-refractivity contribution in [2.24, 2.45) is 0 Å². The number of aryl methyl sites for hydroxylation is 1. The van der Waals surface area contributed by atoms with Gasteiger partial charge in [0.15, 0.2) is 10.6 Å². The number of carbonyl (C=O) groups excluding carboxylic acids is 1. The lowest BCUT2D eigenvalue weighted by Crippen LogP contribution is -2.29. The first-order valence-corrected chi connectivity index (χ1v) is 10.6. The summed E-state index contributed by atoms with van der Waals surface area (Å²) >= 11 is 1.33. The van der Waals surface area contributed by atoms with Crippen LogP contribution in [0.4, 0.5) is 5.13 Å². The highest BCUT2D eigenvalue weighted by Gasteiger charge is 2.44. The van der Waals surface area contributed by atoms with Gasteiger partial charge in [0.1, 0.15) is 17.9 Å². The number of rotatable bonds is 5. The molecule has 2 aromatic carbocycles. The molecule has 0 aliphatic carbocycles. The number of hydrogen-bond donors (Lipinski definition) is 0. The van der Waals surface area contributed by atoms with E-state index in [4.69, 9.17) is 9.15 Å². The van der Waals surface area contributed by atoms with Crippen LogP contribution in [0.2, 0.25) is 0 Å². The van der Waals surface area contributed by atoms with Gasteiger partial charge in [0.2, 0.25) is 5.76 Å². The van der Waals surface area contributed by atoms with Crippen LogP contribution in [0.1, 0.15) is 33.3 Å². The van der Waals surface area contributed by atoms with Gasteiger partial charge in [-0.2, -0.15) is 0 Å². The van der Waals surface area contributed by atoms with Crippen molar-refractivity contribution in [3.05, 3.63) is 99.4 Å². The predicted molar refractivity (Wildman–Crippen MR) is 120 cm³/mol. The molecule has 1 aliphatic rings. The van der Waals surface area contributed by atoms with Crippen molar-refractivity contribution in [2.75, 3.05) is 11.5 Å². The molecule has 7 heteroatoms. The SMILES string of the molecule is C=CCOc1ccc(C2c3c(oc4ccc(C)cc4c3=O)C(=O)N2c2nccs2)cc1. The number of aromatic nitrogens is 1. The molecule has 0 fully saturated rings. The summed E-state index contributed by atoms with van der Waals surface area (Å²) < 4.78 is 11.5. The molecule has 3 heterocycles. The molecule has 1 atom stereocenters. The fourth-order valence-electron chi connectivity index (χ4n) is 3.84. The Hall–Kier alpha value is -3.71. The molecule has 1 amide bonds. The molecule has 0 saturated carbocycles. The van der Waals surface area contributed by atoms with E-state index >= 15 is 0 Å². The standard InChI is InChI=1S/C24H18N2O4S/c1-3-11-29-16-7-5-15(6-8-16)20-19-21(27)17-13-14(2)4-9-18(17)30-22(19)23(28)26(20)24-25-10-12-31-24/h3-10,12-13,20H,1,11H2,2H3. The summed E-state index contributed by atoms with van der Waals surface area (Å²) in [5, 5.41) is 2.76. The van der Waals surface area contributed by atoms with E-state index in [9.17, 15) is 9.59 Å². The highest BCUT2D eigenvalue weighted by Crippen LogP contribution is 2.42. The van der Waals surface area contributed by atoms with Crippen LogP contribution in [0.3, 0.4) is 0 Å². The van der Waals surface area contributed by atoms with Crippen LogP contribution in [-0.2, 0) is 0 Å². The maximum absolute atomic E-state index is 13.5. The summed E-state index contributed by atoms with van der Waals surface area (Å²) in [5.41, 5.74) is 2.24. The minimum atomic E-state index is -0.636. The Kier molecular flexibility index (Phi) is 4.67. The van der Waals surface area contributed by atoms with Crippen molar-refractivity contribution in [3.63, 3.8) is 0 Å². The van der Waals surface area contributed by atoms with Gasteiger partial charge in [-0.15, -0.1) is 11.3 Å². The maximum atomic E-state index is 13.5. The van der Waals surface area contributed by atoms with Gasteiger partial charge in [0, 0.05) is 11.6 Å². The summed E-state index contributed by atoms with van der Waals surface area (Å²) in [6.07, 6.45) is 3.30. The second-order valence-corrected chi connectivity index (χ2v) is 8.11. The van der Waals surface area contributed by atoms with Crippen molar-refractivity contribution < 1.29 is 13.9 Å². The molecular formula is C24H18N2O4S. The van der Waals surface area contributed by atoms with Crippen molar-refractivity contribution >= 4 is 33.3 Å². The summed E-state index contributed by atoms with van der Waals surface area (Å²) in [5.74, 6) is 0.366. The molecule has 1 unspecified atom stereocenters. The van der Waals surface area contributed by atoms with Gasteiger partial charge >= 0.3 is 0 Å². The number of benzene rings is 2. The molecule has 6 nitrogen and oxygen atoms in total. The number of carbonyl (C=O) groups is 1. The number of amides is 1. The van der Waals surface area contributed by atoms with Crippen molar-refractivity contribution in [3.8, 4) is 5.75 Å². The molecule has 5 rings (SSSR count). The Morgan fingerprint density at radius 2 is 2.03 bits per heavy atom. The van der Waals surface area contributed by atoms with E-state index in [0.717, 1.165) is 11.1 Å². The Labute approximate surface area is 182 Å². The molecule has 0 saturated heterocycles. The Balaban J connectivity index is 1.72. The van der Waals surface area contributed by atoms with Crippen LogP contribution in [0, 0.1) is 6.92 Å². The highest BCUT2D eigenvalue weighted by molar-refractivity contribution is 7.13. The van der Waals surface area contributed by atoms with E-state index in [1.165, 1.54) is 16.2 Å². The van der Waals surface area contributed by atoms with Crippen LogP contribution in [0.25, 0.3) is 11.0 Å². The third-order valence-electron chi connectivity index (χ3n) is 5.21. The first-order valence-electron chi connectivity index (χ1n) is 9.72. The Morgan fingerprint density at radius 1 is 1.23 bits per heavy atom. The lowest BCUT2D eigenvalue weighted by atomic mass is 9.98. The smallest absolute Gasteiger partial charge is 0.297 e. The van der Waals surface area contributed by atoms with Gasteiger partial charge < -0.3 is 9.15 Å². The molecule has 154 valence electrons. The zero-order valence-electron chi connectivity index (χ0n) is 16.7. The second-order valence-electron chi connectivity index (χ2n) is 7.23. The quantitative estimate of drug-likeness (QED) is 0.422. The molecule has 0 radical (unpaired) electrons. The molecule has 0 N–H and O–H groups in total. The molecular weight excluding hydrogens is 412 g/mol. The van der Waals surface area contributed by atoms with Crippen molar-refractivity contribution in [2.45, 2.75) is 13.0 Å². The van der Waals surface area contributed by atoms with Crippen molar-refractivity contribution in [1.29, 1.82) is 0 Å². The summed E-state index contributed by atoms with van der Waals surface area (Å²) in [6.45, 7) is 5.96. The zero-order valence-corrected chi connectivity index (χ0v) is 17.5. The zero-order chi connectivity index (χ0) is 21.5. The van der Waals surface area contributed by atoms with Gasteiger partial charge in [-0.25, -0.2) is 4.98 Å². The van der Waals surface area contributed by atoms with Crippen LogP contribution in [0.15, 0.2) is 75.9 Å². The van der Waals surface area contributed by atoms with E-state index in [1.807, 2.05) is 37.3 Å². The number of anilines is 1. The number of nitrogens with zero attached hydrogens (tertiary/aromatic N) is 2. The van der Waals surface area contributed by atoms with E-state index < -0.39 is 6.04 Å².